The molecule has 0 aliphatic rings. The van der Waals surface area contributed by atoms with Crippen LogP contribution < -0.4 is 0 Å². The van der Waals surface area contributed by atoms with Crippen LogP contribution in [0.1, 0.15) is 6.92 Å². The van der Waals surface area contributed by atoms with Crippen molar-refractivity contribution < 1.29 is 0 Å². The molecule has 0 saturated carbocycles. The predicted octanol–water partition coefficient (Wildman–Crippen LogP) is 3.22. The third-order valence-electron chi connectivity index (χ3n) is 1.53. The second-order valence-corrected chi connectivity index (χ2v) is 2.30. The van der Waals surface area contributed by atoms with E-state index in [1.807, 2.05) is 13.0 Å². The molecule has 0 aliphatic heterocycles. The Morgan fingerprint density at radius 1 is 1.17 bits per heavy atom. The Kier molecular flexibility index (Phi) is 4.54. The molecule has 0 fully saturated rings. The number of nitrogens with zero attached hydrogens (tertiary/aromatic N) is 1. The smallest absolute Gasteiger partial charge is 0.0406 e. The van der Waals surface area contributed by atoms with Gasteiger partial charge in [-0.05, 0) is 12.5 Å². The van der Waals surface area contributed by atoms with E-state index >= 15 is 0 Å². The summed E-state index contributed by atoms with van der Waals surface area (Å²) in [5, 5.41) is 0. The molecule has 0 amide bonds. The molecule has 0 saturated heterocycles. The summed E-state index contributed by atoms with van der Waals surface area (Å²) in [6.45, 7) is 16.7. The van der Waals surface area contributed by atoms with Gasteiger partial charge in [0, 0.05) is 18.1 Å². The molecular formula is C11H15N. The Morgan fingerprint density at radius 3 is 2.00 bits per heavy atom. The minimum absolute atomic E-state index is 0.861. The summed E-state index contributed by atoms with van der Waals surface area (Å²) in [5.74, 6) is 0. The van der Waals surface area contributed by atoms with Crippen LogP contribution in [0.3, 0.4) is 0 Å². The van der Waals surface area contributed by atoms with Crippen LogP contribution in [0, 0.1) is 0 Å². The average Bonchev–Trinajstić information content (AvgIpc) is 2.07. The first-order chi connectivity index (χ1) is 5.67. The van der Waals surface area contributed by atoms with E-state index < -0.39 is 0 Å². The molecule has 0 aromatic carbocycles. The van der Waals surface area contributed by atoms with Crippen molar-refractivity contribution in [1.29, 1.82) is 0 Å². The average molecular weight is 161 g/mol. The normalized spacial score (nSPS) is 10.2. The van der Waals surface area contributed by atoms with E-state index in [4.69, 9.17) is 0 Å². The zero-order chi connectivity index (χ0) is 9.56. The van der Waals surface area contributed by atoms with Crippen LogP contribution in [-0.2, 0) is 0 Å². The molecule has 0 aliphatic carbocycles. The van der Waals surface area contributed by atoms with Gasteiger partial charge in [-0.25, -0.2) is 0 Å². The van der Waals surface area contributed by atoms with E-state index in [1.54, 1.807) is 23.4 Å². The van der Waals surface area contributed by atoms with E-state index in [1.165, 1.54) is 0 Å². The lowest BCUT2D eigenvalue weighted by atomic mass is 10.2. The molecule has 0 heterocycles. The van der Waals surface area contributed by atoms with E-state index in [0.29, 0.717) is 0 Å². The largest absolute Gasteiger partial charge is 0.325 e. The first kappa shape index (κ1) is 10.5. The summed E-state index contributed by atoms with van der Waals surface area (Å²) in [4.78, 5) is 1.76. The van der Waals surface area contributed by atoms with Gasteiger partial charge in [-0.3, -0.25) is 0 Å². The van der Waals surface area contributed by atoms with Gasteiger partial charge in [-0.1, -0.05) is 38.5 Å². The first-order valence-corrected chi connectivity index (χ1v) is 3.69. The quantitative estimate of drug-likeness (QED) is 0.559. The third-order valence-corrected chi connectivity index (χ3v) is 1.53. The van der Waals surface area contributed by atoms with Gasteiger partial charge >= 0.3 is 0 Å². The lowest BCUT2D eigenvalue weighted by molar-refractivity contribution is 0.647. The SMILES string of the molecule is C=C/C=C(/C)C(=C)N(C=C)C=C. The predicted molar refractivity (Wildman–Crippen MR) is 55.3 cm³/mol. The van der Waals surface area contributed by atoms with Gasteiger partial charge in [-0.2, -0.15) is 0 Å². The van der Waals surface area contributed by atoms with Crippen LogP contribution in [0.5, 0.6) is 0 Å². The van der Waals surface area contributed by atoms with Crippen molar-refractivity contribution in [2.75, 3.05) is 0 Å². The Morgan fingerprint density at radius 2 is 1.67 bits per heavy atom. The maximum atomic E-state index is 3.88. The molecule has 1 nitrogen and oxygen atoms in total. The van der Waals surface area contributed by atoms with Crippen LogP contribution >= 0.6 is 0 Å². The molecule has 0 rings (SSSR count). The highest BCUT2D eigenvalue weighted by atomic mass is 15.1. The molecule has 0 aromatic heterocycles. The summed E-state index contributed by atoms with van der Waals surface area (Å²) in [6.07, 6.45) is 6.94. The second kappa shape index (κ2) is 5.19. The van der Waals surface area contributed by atoms with Crippen LogP contribution in [0.2, 0.25) is 0 Å². The van der Waals surface area contributed by atoms with Crippen molar-refractivity contribution in [3.8, 4) is 0 Å². The summed E-state index contributed by atoms with van der Waals surface area (Å²) in [5.41, 5.74) is 1.91. The van der Waals surface area contributed by atoms with Crippen LogP contribution in [0.4, 0.5) is 0 Å². The first-order valence-electron chi connectivity index (χ1n) is 3.69. The molecule has 0 spiro atoms. The number of hydrogen-bond donors (Lipinski definition) is 0. The van der Waals surface area contributed by atoms with Crippen LogP contribution in [-0.4, -0.2) is 4.90 Å². The Hall–Kier alpha value is -1.50. The van der Waals surface area contributed by atoms with Gasteiger partial charge in [0.1, 0.15) is 0 Å². The lowest BCUT2D eigenvalue weighted by Crippen LogP contribution is -2.07. The third kappa shape index (κ3) is 2.62. The molecule has 12 heavy (non-hydrogen) atoms. The van der Waals surface area contributed by atoms with Crippen molar-refractivity contribution in [3.05, 3.63) is 62.1 Å². The molecule has 0 bridgehead atoms. The molecule has 1 heteroatoms. The van der Waals surface area contributed by atoms with Gasteiger partial charge in [-0.15, -0.1) is 0 Å². The molecule has 0 atom stereocenters. The van der Waals surface area contributed by atoms with Gasteiger partial charge < -0.3 is 4.90 Å². The lowest BCUT2D eigenvalue weighted by Gasteiger charge is -2.17. The van der Waals surface area contributed by atoms with Crippen molar-refractivity contribution >= 4 is 0 Å². The zero-order valence-corrected chi connectivity index (χ0v) is 7.59. The highest BCUT2D eigenvalue weighted by Gasteiger charge is 1.99. The standard InChI is InChI=1S/C11H15N/c1-6-9-10(4)11(5)12(7-2)8-3/h6-9H,1-3,5H2,4H3/b10-9-. The maximum Gasteiger partial charge on any atom is 0.0406 e. The van der Waals surface area contributed by atoms with Crippen LogP contribution in [0.25, 0.3) is 0 Å². The van der Waals surface area contributed by atoms with Gasteiger partial charge in [0.25, 0.3) is 0 Å². The van der Waals surface area contributed by atoms with Crippen molar-refractivity contribution in [1.82, 2.24) is 4.90 Å². The molecule has 0 radical (unpaired) electrons. The summed E-state index contributed by atoms with van der Waals surface area (Å²) < 4.78 is 0. The van der Waals surface area contributed by atoms with Gasteiger partial charge in [0.2, 0.25) is 0 Å². The minimum Gasteiger partial charge on any atom is -0.325 e. The maximum absolute atomic E-state index is 3.88. The van der Waals surface area contributed by atoms with Crippen molar-refractivity contribution in [3.63, 3.8) is 0 Å². The molecule has 0 N–H and O–H groups in total. The Balaban J connectivity index is 4.56. The topological polar surface area (TPSA) is 3.24 Å². The number of hydrogen-bond acceptors (Lipinski definition) is 1. The number of rotatable bonds is 5. The highest BCUT2D eigenvalue weighted by Crippen LogP contribution is 2.12. The molecular weight excluding hydrogens is 146 g/mol. The van der Waals surface area contributed by atoms with E-state index in [0.717, 1.165) is 11.3 Å². The fourth-order valence-electron chi connectivity index (χ4n) is 0.772. The van der Waals surface area contributed by atoms with Gasteiger partial charge in [0.15, 0.2) is 0 Å². The van der Waals surface area contributed by atoms with E-state index in [-0.39, 0.29) is 0 Å². The zero-order valence-electron chi connectivity index (χ0n) is 7.59. The molecule has 0 aromatic rings. The van der Waals surface area contributed by atoms with E-state index in [2.05, 4.69) is 26.3 Å². The fourth-order valence-corrected chi connectivity index (χ4v) is 0.772. The Bertz CT molecular complexity index is 225. The summed E-state index contributed by atoms with van der Waals surface area (Å²) in [6, 6.07) is 0. The number of allylic oxidation sites excluding steroid dienone is 3. The van der Waals surface area contributed by atoms with Crippen molar-refractivity contribution in [2.45, 2.75) is 6.92 Å². The summed E-state index contributed by atoms with van der Waals surface area (Å²) >= 11 is 0. The summed E-state index contributed by atoms with van der Waals surface area (Å²) in [7, 11) is 0. The second-order valence-electron chi connectivity index (χ2n) is 2.30. The van der Waals surface area contributed by atoms with Crippen LogP contribution in [0.15, 0.2) is 62.1 Å². The monoisotopic (exact) mass is 161 g/mol. The Labute approximate surface area is 74.7 Å². The molecule has 0 unspecified atom stereocenters. The van der Waals surface area contributed by atoms with Crippen molar-refractivity contribution in [2.24, 2.45) is 0 Å². The van der Waals surface area contributed by atoms with Gasteiger partial charge in [0.05, 0.1) is 0 Å². The minimum atomic E-state index is 0.861. The fraction of sp³-hybridized carbons (Fsp3) is 0.0909. The molecule has 64 valence electrons. The highest BCUT2D eigenvalue weighted by molar-refractivity contribution is 5.30. The van der Waals surface area contributed by atoms with E-state index in [9.17, 15) is 0 Å².